The van der Waals surface area contributed by atoms with Gasteiger partial charge in [-0.25, -0.2) is 19.9 Å². The number of rotatable bonds is 0. The lowest BCUT2D eigenvalue weighted by molar-refractivity contribution is 1.20. The van der Waals surface area contributed by atoms with Gasteiger partial charge in [-0.15, -0.1) is 0 Å². The molecule has 4 aromatic rings. The number of fused-ring (bicyclic) bond motifs is 2. The van der Waals surface area contributed by atoms with Crippen LogP contribution in [0.15, 0.2) is 35.6 Å². The van der Waals surface area contributed by atoms with Crippen LogP contribution in [0.4, 0.5) is 0 Å². The molecule has 0 unspecified atom stereocenters. The number of H-pyrrole nitrogens is 2. The third-order valence-corrected chi connectivity index (χ3v) is 3.89. The van der Waals surface area contributed by atoms with Gasteiger partial charge < -0.3 is 9.97 Å². The summed E-state index contributed by atoms with van der Waals surface area (Å²) >= 11 is 14.9. The maximum absolute atomic E-state index is 5.80. The first-order valence-corrected chi connectivity index (χ1v) is 7.28. The summed E-state index contributed by atoms with van der Waals surface area (Å²) in [6.07, 6.45) is 6.42. The Morgan fingerprint density at radius 2 is 1.62 bits per heavy atom. The van der Waals surface area contributed by atoms with Crippen LogP contribution in [0.5, 0.6) is 0 Å². The Balaban J connectivity index is 0.000000126. The molecule has 4 aromatic heterocycles. The van der Waals surface area contributed by atoms with Gasteiger partial charge in [-0.1, -0.05) is 23.2 Å². The van der Waals surface area contributed by atoms with Gasteiger partial charge in [0, 0.05) is 16.9 Å². The molecular weight excluding hydrogens is 379 g/mol. The van der Waals surface area contributed by atoms with Gasteiger partial charge in [0.05, 0.1) is 10.8 Å². The lowest BCUT2D eigenvalue weighted by Crippen LogP contribution is -1.80. The highest BCUT2D eigenvalue weighted by atomic mass is 79.9. The van der Waals surface area contributed by atoms with E-state index >= 15 is 0 Å². The number of nitrogens with one attached hydrogen (secondary N) is 2. The Bertz CT molecular complexity index is 903. The predicted molar refractivity (Wildman–Crippen MR) is 85.5 cm³/mol. The first-order chi connectivity index (χ1) is 10.2. The summed E-state index contributed by atoms with van der Waals surface area (Å²) in [4.78, 5) is 21.5. The van der Waals surface area contributed by atoms with E-state index in [0.29, 0.717) is 10.3 Å². The van der Waals surface area contributed by atoms with Crippen LogP contribution < -0.4 is 0 Å². The first kappa shape index (κ1) is 14.2. The molecule has 0 fully saturated rings. The molecule has 9 heteroatoms. The second kappa shape index (κ2) is 5.97. The van der Waals surface area contributed by atoms with Crippen molar-refractivity contribution in [2.75, 3.05) is 0 Å². The highest BCUT2D eigenvalue weighted by Crippen LogP contribution is 2.26. The summed E-state index contributed by atoms with van der Waals surface area (Å²) in [7, 11) is 0. The van der Waals surface area contributed by atoms with Gasteiger partial charge in [-0.3, -0.25) is 0 Å². The number of halogens is 3. The van der Waals surface area contributed by atoms with Crippen LogP contribution in [0.25, 0.3) is 22.1 Å². The molecule has 4 rings (SSSR count). The average Bonchev–Trinajstić information content (AvgIpc) is 3.08. The number of nitrogens with zero attached hydrogens (tertiary/aromatic N) is 4. The predicted octanol–water partition coefficient (Wildman–Crippen LogP) is 3.99. The SMILES string of the molecule is Clc1ncnc2[nH]cc(Br)c12.Clc1ncnc2[nH]ccc12. The first-order valence-electron chi connectivity index (χ1n) is 5.73. The summed E-state index contributed by atoms with van der Waals surface area (Å²) in [5, 5.41) is 2.65. The summed E-state index contributed by atoms with van der Waals surface area (Å²) in [5.74, 6) is 0. The third kappa shape index (κ3) is 2.85. The minimum Gasteiger partial charge on any atom is -0.346 e. The normalized spacial score (nSPS) is 10.6. The zero-order valence-corrected chi connectivity index (χ0v) is 13.4. The zero-order valence-electron chi connectivity index (χ0n) is 10.3. The fourth-order valence-electron chi connectivity index (χ4n) is 1.73. The minimum absolute atomic E-state index is 0.461. The minimum atomic E-state index is 0.461. The van der Waals surface area contributed by atoms with Crippen LogP contribution in [0.1, 0.15) is 0 Å². The molecule has 21 heavy (non-hydrogen) atoms. The highest BCUT2D eigenvalue weighted by molar-refractivity contribution is 9.10. The lowest BCUT2D eigenvalue weighted by Gasteiger charge is -1.90. The number of hydrogen-bond donors (Lipinski definition) is 2. The highest BCUT2D eigenvalue weighted by Gasteiger charge is 2.05. The van der Waals surface area contributed by atoms with Crippen LogP contribution in [0.2, 0.25) is 10.3 Å². The Kier molecular flexibility index (Phi) is 4.05. The van der Waals surface area contributed by atoms with E-state index in [2.05, 4.69) is 45.8 Å². The molecule has 0 amide bonds. The van der Waals surface area contributed by atoms with Crippen molar-refractivity contribution in [1.82, 2.24) is 29.9 Å². The van der Waals surface area contributed by atoms with E-state index in [1.54, 1.807) is 12.4 Å². The van der Waals surface area contributed by atoms with Crippen molar-refractivity contribution in [2.24, 2.45) is 0 Å². The Hall–Kier alpha value is -1.70. The molecular formula is C12H7BrCl2N6. The standard InChI is InChI=1S/C6H3BrClN3.C6H4ClN3/c7-3-1-9-6-4(3)5(8)10-2-11-6;7-5-4-1-2-8-6(4)10-3-9-5/h1-2H,(H,9,10,11);1-3H,(H,8,9,10). The molecule has 106 valence electrons. The number of hydrogen-bond acceptors (Lipinski definition) is 4. The van der Waals surface area contributed by atoms with E-state index in [-0.39, 0.29) is 0 Å². The summed E-state index contributed by atoms with van der Waals surface area (Å²) in [5.41, 5.74) is 1.52. The maximum Gasteiger partial charge on any atom is 0.143 e. The molecule has 2 N–H and O–H groups in total. The Morgan fingerprint density at radius 3 is 2.33 bits per heavy atom. The maximum atomic E-state index is 5.80. The van der Waals surface area contributed by atoms with Gasteiger partial charge in [0.15, 0.2) is 0 Å². The van der Waals surface area contributed by atoms with Crippen molar-refractivity contribution in [2.45, 2.75) is 0 Å². The van der Waals surface area contributed by atoms with E-state index in [0.717, 1.165) is 26.5 Å². The summed E-state index contributed by atoms with van der Waals surface area (Å²) < 4.78 is 0.887. The molecule has 0 aliphatic rings. The second-order valence-corrected chi connectivity index (χ2v) is 5.50. The van der Waals surface area contributed by atoms with E-state index < -0.39 is 0 Å². The van der Waals surface area contributed by atoms with E-state index in [4.69, 9.17) is 23.2 Å². The second-order valence-electron chi connectivity index (χ2n) is 3.93. The van der Waals surface area contributed by atoms with Gasteiger partial charge in [0.1, 0.15) is 34.3 Å². The number of aromatic nitrogens is 6. The van der Waals surface area contributed by atoms with Crippen molar-refractivity contribution >= 4 is 61.2 Å². The molecule has 0 atom stereocenters. The Labute approximate surface area is 137 Å². The van der Waals surface area contributed by atoms with Gasteiger partial charge in [-0.05, 0) is 22.0 Å². The van der Waals surface area contributed by atoms with Crippen LogP contribution in [-0.2, 0) is 0 Å². The summed E-state index contributed by atoms with van der Waals surface area (Å²) in [6.45, 7) is 0. The van der Waals surface area contributed by atoms with Crippen LogP contribution in [0, 0.1) is 0 Å². The fraction of sp³-hybridized carbons (Fsp3) is 0. The van der Waals surface area contributed by atoms with Gasteiger partial charge in [0.25, 0.3) is 0 Å². The molecule has 0 spiro atoms. The molecule has 4 heterocycles. The van der Waals surface area contributed by atoms with E-state index in [1.807, 2.05) is 6.07 Å². The molecule has 0 aliphatic heterocycles. The molecule has 0 aromatic carbocycles. The van der Waals surface area contributed by atoms with E-state index in [9.17, 15) is 0 Å². The molecule has 0 bridgehead atoms. The van der Waals surface area contributed by atoms with Crippen molar-refractivity contribution in [3.63, 3.8) is 0 Å². The topological polar surface area (TPSA) is 83.1 Å². The van der Waals surface area contributed by atoms with Crippen molar-refractivity contribution in [3.8, 4) is 0 Å². The van der Waals surface area contributed by atoms with Crippen molar-refractivity contribution < 1.29 is 0 Å². The number of aromatic amines is 2. The zero-order chi connectivity index (χ0) is 14.8. The van der Waals surface area contributed by atoms with Gasteiger partial charge in [0.2, 0.25) is 0 Å². The monoisotopic (exact) mass is 384 g/mol. The molecule has 0 aliphatic carbocycles. The lowest BCUT2D eigenvalue weighted by atomic mass is 10.4. The van der Waals surface area contributed by atoms with Gasteiger partial charge in [-0.2, -0.15) is 0 Å². The van der Waals surface area contributed by atoms with Crippen LogP contribution in [0.3, 0.4) is 0 Å². The summed E-state index contributed by atoms with van der Waals surface area (Å²) in [6, 6.07) is 1.84. The quantitative estimate of drug-likeness (QED) is 0.448. The Morgan fingerprint density at radius 1 is 0.905 bits per heavy atom. The molecule has 0 radical (unpaired) electrons. The average molecular weight is 386 g/mol. The molecule has 6 nitrogen and oxygen atoms in total. The smallest absolute Gasteiger partial charge is 0.143 e. The molecule has 0 saturated carbocycles. The van der Waals surface area contributed by atoms with Crippen molar-refractivity contribution in [1.29, 1.82) is 0 Å². The molecule has 0 saturated heterocycles. The largest absolute Gasteiger partial charge is 0.346 e. The van der Waals surface area contributed by atoms with Crippen LogP contribution >= 0.6 is 39.1 Å². The van der Waals surface area contributed by atoms with Crippen LogP contribution in [-0.4, -0.2) is 29.9 Å². The van der Waals surface area contributed by atoms with E-state index in [1.165, 1.54) is 12.7 Å². The van der Waals surface area contributed by atoms with Crippen molar-refractivity contribution in [3.05, 3.63) is 45.9 Å². The van der Waals surface area contributed by atoms with Gasteiger partial charge >= 0.3 is 0 Å². The fourth-order valence-corrected chi connectivity index (χ4v) is 2.77. The third-order valence-electron chi connectivity index (χ3n) is 2.68.